The van der Waals surface area contributed by atoms with E-state index < -0.39 is 10.0 Å². The van der Waals surface area contributed by atoms with E-state index in [2.05, 4.69) is 5.10 Å². The van der Waals surface area contributed by atoms with Crippen molar-refractivity contribution in [3.05, 3.63) is 11.4 Å². The Kier molecular flexibility index (Phi) is 5.29. The van der Waals surface area contributed by atoms with Crippen molar-refractivity contribution in [3.8, 4) is 0 Å². The van der Waals surface area contributed by atoms with Crippen LogP contribution in [0.2, 0.25) is 0 Å². The maximum atomic E-state index is 13.0. The number of aryl methyl sites for hydroxylation is 2. The first-order chi connectivity index (χ1) is 10.3. The molecule has 0 bridgehead atoms. The second-order valence-corrected chi connectivity index (χ2v) is 8.08. The molecule has 0 spiro atoms. The largest absolute Gasteiger partial charge is 0.393 e. The van der Waals surface area contributed by atoms with Crippen LogP contribution in [0, 0.1) is 5.92 Å². The van der Waals surface area contributed by atoms with Crippen LogP contribution in [-0.4, -0.2) is 47.3 Å². The summed E-state index contributed by atoms with van der Waals surface area (Å²) in [7, 11) is -0.183. The molecule has 2 unspecified atom stereocenters. The summed E-state index contributed by atoms with van der Waals surface area (Å²) < 4.78 is 29.0. The van der Waals surface area contributed by atoms with Gasteiger partial charge in [0.25, 0.3) is 0 Å². The van der Waals surface area contributed by atoms with Crippen molar-refractivity contribution in [3.63, 3.8) is 0 Å². The van der Waals surface area contributed by atoms with Gasteiger partial charge in [-0.25, -0.2) is 12.7 Å². The van der Waals surface area contributed by atoms with Crippen molar-refractivity contribution in [2.75, 3.05) is 13.6 Å². The third-order valence-corrected chi connectivity index (χ3v) is 6.59. The van der Waals surface area contributed by atoms with Crippen LogP contribution in [0.5, 0.6) is 0 Å². The van der Waals surface area contributed by atoms with Gasteiger partial charge in [0.1, 0.15) is 4.90 Å². The zero-order valence-corrected chi connectivity index (χ0v) is 14.7. The summed E-state index contributed by atoms with van der Waals surface area (Å²) in [4.78, 5) is 0.356. The molecule has 1 aromatic rings. The molecule has 1 aliphatic rings. The summed E-state index contributed by atoms with van der Waals surface area (Å²) in [5, 5.41) is 14.3. The molecule has 22 heavy (non-hydrogen) atoms. The van der Waals surface area contributed by atoms with Crippen molar-refractivity contribution in [1.82, 2.24) is 14.1 Å². The predicted octanol–water partition coefficient (Wildman–Crippen LogP) is 1.33. The van der Waals surface area contributed by atoms with Gasteiger partial charge in [0.15, 0.2) is 0 Å². The minimum absolute atomic E-state index is 0.0339. The van der Waals surface area contributed by atoms with Crippen LogP contribution in [0.3, 0.4) is 0 Å². The number of nitrogens with zero attached hydrogens (tertiary/aromatic N) is 3. The fourth-order valence-corrected chi connectivity index (χ4v) is 5.09. The smallest absolute Gasteiger partial charge is 0.246 e. The van der Waals surface area contributed by atoms with Gasteiger partial charge in [0, 0.05) is 20.6 Å². The number of aliphatic hydroxyl groups is 1. The van der Waals surface area contributed by atoms with E-state index in [9.17, 15) is 13.5 Å². The summed E-state index contributed by atoms with van der Waals surface area (Å²) in [6.07, 6.45) is 3.44. The number of aromatic nitrogens is 2. The molecule has 7 heteroatoms. The fraction of sp³-hybridized carbons (Fsp3) is 0.800. The number of sulfonamides is 1. The lowest BCUT2D eigenvalue weighted by atomic mass is 10.1. The molecule has 1 N–H and O–H groups in total. The minimum atomic E-state index is -3.58. The average molecular weight is 329 g/mol. The molecular weight excluding hydrogens is 302 g/mol. The molecule has 0 amide bonds. The number of hydrogen-bond acceptors (Lipinski definition) is 4. The summed E-state index contributed by atoms with van der Waals surface area (Å²) in [5.41, 5.74) is 1.37. The second-order valence-electron chi connectivity index (χ2n) is 6.10. The van der Waals surface area contributed by atoms with Crippen molar-refractivity contribution in [1.29, 1.82) is 0 Å². The molecule has 6 nitrogen and oxygen atoms in total. The number of rotatable bonds is 6. The molecule has 2 rings (SSSR count). The predicted molar refractivity (Wildman–Crippen MR) is 85.1 cm³/mol. The van der Waals surface area contributed by atoms with E-state index in [1.807, 2.05) is 13.8 Å². The van der Waals surface area contributed by atoms with Gasteiger partial charge in [-0.2, -0.15) is 5.10 Å². The third kappa shape index (κ3) is 3.07. The maximum absolute atomic E-state index is 13.0. The molecule has 2 atom stereocenters. The molecule has 1 aromatic heterocycles. The van der Waals surface area contributed by atoms with Crippen LogP contribution < -0.4 is 0 Å². The zero-order chi connectivity index (χ0) is 16.5. The zero-order valence-electron chi connectivity index (χ0n) is 13.9. The van der Waals surface area contributed by atoms with Crippen molar-refractivity contribution >= 4 is 10.0 Å². The van der Waals surface area contributed by atoms with Gasteiger partial charge >= 0.3 is 0 Å². The molecular formula is C15H27N3O3S. The lowest BCUT2D eigenvalue weighted by molar-refractivity contribution is 0.123. The van der Waals surface area contributed by atoms with Crippen molar-refractivity contribution in [2.24, 2.45) is 13.0 Å². The van der Waals surface area contributed by atoms with Crippen LogP contribution in [0.15, 0.2) is 4.90 Å². The molecule has 0 aromatic carbocycles. The lowest BCUT2D eigenvalue weighted by Crippen LogP contribution is -2.35. The first kappa shape index (κ1) is 17.4. The Labute approximate surface area is 133 Å². The lowest BCUT2D eigenvalue weighted by Gasteiger charge is -2.23. The summed E-state index contributed by atoms with van der Waals surface area (Å²) in [6, 6.07) is 0. The Morgan fingerprint density at radius 2 is 2.00 bits per heavy atom. The Balaban J connectivity index is 2.33. The van der Waals surface area contributed by atoms with Crippen LogP contribution in [0.4, 0.5) is 0 Å². The quantitative estimate of drug-likeness (QED) is 0.854. The molecule has 0 saturated heterocycles. The van der Waals surface area contributed by atoms with E-state index >= 15 is 0 Å². The highest BCUT2D eigenvalue weighted by molar-refractivity contribution is 7.89. The van der Waals surface area contributed by atoms with E-state index in [0.29, 0.717) is 30.0 Å². The number of hydrogen-bond donors (Lipinski definition) is 1. The Hall–Kier alpha value is -0.920. The van der Waals surface area contributed by atoms with Crippen LogP contribution in [0.25, 0.3) is 0 Å². The second kappa shape index (κ2) is 6.68. The molecule has 1 fully saturated rings. The molecule has 0 aliphatic heterocycles. The van der Waals surface area contributed by atoms with E-state index in [0.717, 1.165) is 25.0 Å². The summed E-state index contributed by atoms with van der Waals surface area (Å²) in [5.74, 6) is 0.0339. The highest BCUT2D eigenvalue weighted by Gasteiger charge is 2.34. The van der Waals surface area contributed by atoms with E-state index in [4.69, 9.17) is 0 Å². The highest BCUT2D eigenvalue weighted by atomic mass is 32.2. The number of aliphatic hydroxyl groups excluding tert-OH is 1. The van der Waals surface area contributed by atoms with Gasteiger partial charge in [-0.05, 0) is 31.6 Å². The summed E-state index contributed by atoms with van der Waals surface area (Å²) >= 11 is 0. The van der Waals surface area contributed by atoms with Gasteiger partial charge in [0.05, 0.1) is 17.5 Å². The molecule has 1 saturated carbocycles. The van der Waals surface area contributed by atoms with Crippen LogP contribution in [-0.2, 0) is 29.9 Å². The third-order valence-electron chi connectivity index (χ3n) is 4.63. The Morgan fingerprint density at radius 3 is 2.50 bits per heavy atom. The molecule has 126 valence electrons. The van der Waals surface area contributed by atoms with E-state index in [1.165, 1.54) is 4.31 Å². The van der Waals surface area contributed by atoms with Crippen LogP contribution in [0.1, 0.15) is 44.5 Å². The van der Waals surface area contributed by atoms with Gasteiger partial charge in [-0.1, -0.05) is 20.3 Å². The molecule has 1 aliphatic carbocycles. The van der Waals surface area contributed by atoms with Gasteiger partial charge < -0.3 is 5.11 Å². The van der Waals surface area contributed by atoms with Gasteiger partial charge in [-0.3, -0.25) is 4.68 Å². The summed E-state index contributed by atoms with van der Waals surface area (Å²) in [6.45, 7) is 4.22. The SMILES string of the molecule is CCc1nn(C)c(CC)c1S(=O)(=O)N(C)CC1CCCC1O. The standard InChI is InChI=1S/C15H27N3O3S/c1-5-12-15(13(6-2)18(4)16-12)22(20,21)17(3)10-11-8-7-9-14(11)19/h11,14,19H,5-10H2,1-4H3. The molecule has 1 heterocycles. The normalized spacial score (nSPS) is 22.6. The highest BCUT2D eigenvalue weighted by Crippen LogP contribution is 2.29. The van der Waals surface area contributed by atoms with Gasteiger partial charge in [0.2, 0.25) is 10.0 Å². The maximum Gasteiger partial charge on any atom is 0.246 e. The van der Waals surface area contributed by atoms with Crippen molar-refractivity contribution in [2.45, 2.75) is 57.0 Å². The topological polar surface area (TPSA) is 75.4 Å². The van der Waals surface area contributed by atoms with Crippen molar-refractivity contribution < 1.29 is 13.5 Å². The average Bonchev–Trinajstić information content (AvgIpc) is 3.02. The van der Waals surface area contributed by atoms with E-state index in [-0.39, 0.29) is 12.0 Å². The van der Waals surface area contributed by atoms with Crippen LogP contribution >= 0.6 is 0 Å². The Morgan fingerprint density at radius 1 is 1.32 bits per heavy atom. The monoisotopic (exact) mass is 329 g/mol. The fourth-order valence-electron chi connectivity index (χ4n) is 3.33. The van der Waals surface area contributed by atoms with Gasteiger partial charge in [-0.15, -0.1) is 0 Å². The first-order valence-electron chi connectivity index (χ1n) is 8.02. The first-order valence-corrected chi connectivity index (χ1v) is 9.46. The Bertz CT molecular complexity index is 624. The molecule has 0 radical (unpaired) electrons. The van der Waals surface area contributed by atoms with E-state index in [1.54, 1.807) is 18.8 Å². The minimum Gasteiger partial charge on any atom is -0.393 e.